The van der Waals surface area contributed by atoms with Crippen molar-refractivity contribution in [3.63, 3.8) is 0 Å². The lowest BCUT2D eigenvalue weighted by molar-refractivity contribution is 0.588. The number of benzene rings is 2. The minimum atomic E-state index is -3.55. The van der Waals surface area contributed by atoms with Crippen molar-refractivity contribution >= 4 is 21.4 Å². The Morgan fingerprint density at radius 3 is 2.29 bits per heavy atom. The SMILES string of the molecule is CNS(=O)(=O)c1cc(N)ccc1N1Cc2ccccc2C1. The predicted octanol–water partition coefficient (Wildman–Crippen LogP) is 1.70. The molecule has 0 fully saturated rings. The van der Waals surface area contributed by atoms with Crippen LogP contribution in [0.3, 0.4) is 0 Å². The van der Waals surface area contributed by atoms with Crippen LogP contribution in [0.5, 0.6) is 0 Å². The van der Waals surface area contributed by atoms with Gasteiger partial charge in [0.25, 0.3) is 0 Å². The Hall–Kier alpha value is -2.05. The number of nitrogens with two attached hydrogens (primary N) is 1. The molecule has 2 aromatic carbocycles. The summed E-state index contributed by atoms with van der Waals surface area (Å²) >= 11 is 0. The number of anilines is 2. The zero-order chi connectivity index (χ0) is 15.0. The van der Waals surface area contributed by atoms with E-state index in [2.05, 4.69) is 16.9 Å². The van der Waals surface area contributed by atoms with E-state index in [0.29, 0.717) is 24.5 Å². The van der Waals surface area contributed by atoms with Gasteiger partial charge in [-0.2, -0.15) is 0 Å². The van der Waals surface area contributed by atoms with Crippen LogP contribution in [0.4, 0.5) is 11.4 Å². The number of hydrogen-bond donors (Lipinski definition) is 2. The zero-order valence-corrected chi connectivity index (χ0v) is 12.5. The van der Waals surface area contributed by atoms with Crippen molar-refractivity contribution in [2.45, 2.75) is 18.0 Å². The Morgan fingerprint density at radius 2 is 1.71 bits per heavy atom. The van der Waals surface area contributed by atoms with Crippen LogP contribution in [-0.2, 0) is 23.1 Å². The van der Waals surface area contributed by atoms with Gasteiger partial charge in [0, 0.05) is 18.8 Å². The lowest BCUT2D eigenvalue weighted by Crippen LogP contribution is -2.24. The Bertz CT molecular complexity index is 762. The van der Waals surface area contributed by atoms with Crippen LogP contribution >= 0.6 is 0 Å². The van der Waals surface area contributed by atoms with E-state index in [1.807, 2.05) is 17.0 Å². The van der Waals surface area contributed by atoms with E-state index in [1.165, 1.54) is 24.2 Å². The van der Waals surface area contributed by atoms with Gasteiger partial charge in [-0.3, -0.25) is 0 Å². The van der Waals surface area contributed by atoms with Gasteiger partial charge >= 0.3 is 0 Å². The molecule has 0 unspecified atom stereocenters. The van der Waals surface area contributed by atoms with E-state index < -0.39 is 10.0 Å². The molecule has 0 aromatic heterocycles. The number of nitrogen functional groups attached to an aromatic ring is 1. The van der Waals surface area contributed by atoms with E-state index in [9.17, 15) is 8.42 Å². The van der Waals surface area contributed by atoms with Gasteiger partial charge in [0.15, 0.2) is 0 Å². The van der Waals surface area contributed by atoms with Crippen molar-refractivity contribution in [1.29, 1.82) is 0 Å². The first kappa shape index (κ1) is 13.9. The van der Waals surface area contributed by atoms with Gasteiger partial charge in [-0.05, 0) is 36.4 Å². The van der Waals surface area contributed by atoms with Crippen LogP contribution < -0.4 is 15.4 Å². The molecule has 1 aliphatic heterocycles. The Balaban J connectivity index is 2.05. The van der Waals surface area contributed by atoms with E-state index in [-0.39, 0.29) is 4.90 Å². The molecule has 0 spiro atoms. The quantitative estimate of drug-likeness (QED) is 0.846. The average Bonchev–Trinajstić information content (AvgIpc) is 2.90. The van der Waals surface area contributed by atoms with E-state index in [0.717, 1.165) is 0 Å². The first-order valence-electron chi connectivity index (χ1n) is 6.66. The Morgan fingerprint density at radius 1 is 1.10 bits per heavy atom. The predicted molar refractivity (Wildman–Crippen MR) is 83.4 cm³/mol. The zero-order valence-electron chi connectivity index (χ0n) is 11.7. The summed E-state index contributed by atoms with van der Waals surface area (Å²) in [5.74, 6) is 0. The first-order valence-corrected chi connectivity index (χ1v) is 8.14. The van der Waals surface area contributed by atoms with Crippen LogP contribution in [-0.4, -0.2) is 15.5 Å². The molecular formula is C15H17N3O2S. The van der Waals surface area contributed by atoms with Gasteiger partial charge in [-0.25, -0.2) is 13.1 Å². The number of nitrogens with one attached hydrogen (secondary N) is 1. The van der Waals surface area contributed by atoms with E-state index in [4.69, 9.17) is 5.73 Å². The average molecular weight is 303 g/mol. The van der Waals surface area contributed by atoms with Crippen molar-refractivity contribution in [2.75, 3.05) is 17.7 Å². The summed E-state index contributed by atoms with van der Waals surface area (Å²) in [5.41, 5.74) is 9.31. The third kappa shape index (κ3) is 2.48. The van der Waals surface area contributed by atoms with Gasteiger partial charge < -0.3 is 10.6 Å². The molecule has 0 amide bonds. The summed E-state index contributed by atoms with van der Waals surface area (Å²) in [6.07, 6.45) is 0. The molecule has 21 heavy (non-hydrogen) atoms. The van der Waals surface area contributed by atoms with Crippen molar-refractivity contribution in [1.82, 2.24) is 4.72 Å². The Labute approximate surface area is 124 Å². The lowest BCUT2D eigenvalue weighted by atomic mass is 10.1. The second-order valence-corrected chi connectivity index (χ2v) is 6.91. The minimum absolute atomic E-state index is 0.220. The number of rotatable bonds is 3. The van der Waals surface area contributed by atoms with Crippen LogP contribution in [0.1, 0.15) is 11.1 Å². The molecule has 5 nitrogen and oxygen atoms in total. The van der Waals surface area contributed by atoms with Gasteiger partial charge in [0.1, 0.15) is 4.90 Å². The van der Waals surface area contributed by atoms with Crippen LogP contribution in [0, 0.1) is 0 Å². The van der Waals surface area contributed by atoms with Crippen molar-refractivity contribution in [3.05, 3.63) is 53.6 Å². The minimum Gasteiger partial charge on any atom is -0.399 e. The molecule has 2 aromatic rings. The molecule has 0 aliphatic carbocycles. The molecule has 1 aliphatic rings. The normalized spacial score (nSPS) is 14.2. The maximum atomic E-state index is 12.2. The van der Waals surface area contributed by atoms with Crippen LogP contribution in [0.15, 0.2) is 47.4 Å². The topological polar surface area (TPSA) is 75.4 Å². The highest BCUT2D eigenvalue weighted by Crippen LogP contribution is 2.33. The molecule has 110 valence electrons. The Kier molecular flexibility index (Phi) is 3.35. The second kappa shape index (κ2) is 5.05. The highest BCUT2D eigenvalue weighted by molar-refractivity contribution is 7.89. The summed E-state index contributed by atoms with van der Waals surface area (Å²) in [5, 5.41) is 0. The van der Waals surface area contributed by atoms with Gasteiger partial charge in [-0.15, -0.1) is 0 Å². The number of nitrogens with zero attached hydrogens (tertiary/aromatic N) is 1. The number of sulfonamides is 1. The summed E-state index contributed by atoms with van der Waals surface area (Å²) in [6, 6.07) is 13.1. The van der Waals surface area contributed by atoms with Crippen molar-refractivity contribution in [3.8, 4) is 0 Å². The smallest absolute Gasteiger partial charge is 0.242 e. The number of fused-ring (bicyclic) bond motifs is 1. The standard InChI is InChI=1S/C15H17N3O2S/c1-17-21(19,20)15-8-13(16)6-7-14(15)18-9-11-4-2-3-5-12(11)10-18/h2-8,17H,9-10,16H2,1H3. The molecule has 0 saturated carbocycles. The summed E-state index contributed by atoms with van der Waals surface area (Å²) in [4.78, 5) is 2.27. The lowest BCUT2D eigenvalue weighted by Gasteiger charge is -2.21. The highest BCUT2D eigenvalue weighted by Gasteiger charge is 2.25. The second-order valence-electron chi connectivity index (χ2n) is 5.06. The molecule has 3 N–H and O–H groups in total. The maximum Gasteiger partial charge on any atom is 0.242 e. The summed E-state index contributed by atoms with van der Waals surface area (Å²) in [7, 11) is -2.14. The molecule has 0 bridgehead atoms. The molecule has 1 heterocycles. The van der Waals surface area contributed by atoms with Crippen molar-refractivity contribution < 1.29 is 8.42 Å². The van der Waals surface area contributed by atoms with Crippen LogP contribution in [0.25, 0.3) is 0 Å². The van der Waals surface area contributed by atoms with Crippen molar-refractivity contribution in [2.24, 2.45) is 0 Å². The fourth-order valence-electron chi connectivity index (χ4n) is 2.62. The molecule has 3 rings (SSSR count). The largest absolute Gasteiger partial charge is 0.399 e. The van der Waals surface area contributed by atoms with Gasteiger partial charge in [0.2, 0.25) is 10.0 Å². The third-order valence-electron chi connectivity index (χ3n) is 3.72. The molecule has 6 heteroatoms. The monoisotopic (exact) mass is 303 g/mol. The first-order chi connectivity index (χ1) is 10.0. The van der Waals surface area contributed by atoms with Gasteiger partial charge in [-0.1, -0.05) is 24.3 Å². The molecular weight excluding hydrogens is 286 g/mol. The van der Waals surface area contributed by atoms with Crippen LogP contribution in [0.2, 0.25) is 0 Å². The summed E-state index contributed by atoms with van der Waals surface area (Å²) in [6.45, 7) is 1.40. The highest BCUT2D eigenvalue weighted by atomic mass is 32.2. The van der Waals surface area contributed by atoms with E-state index in [1.54, 1.807) is 12.1 Å². The maximum absolute atomic E-state index is 12.2. The third-order valence-corrected chi connectivity index (χ3v) is 5.17. The molecule has 0 atom stereocenters. The number of hydrogen-bond acceptors (Lipinski definition) is 4. The van der Waals surface area contributed by atoms with E-state index >= 15 is 0 Å². The fraction of sp³-hybridized carbons (Fsp3) is 0.200. The fourth-order valence-corrected chi connectivity index (χ4v) is 3.60. The summed E-state index contributed by atoms with van der Waals surface area (Å²) < 4.78 is 26.8. The van der Waals surface area contributed by atoms with Gasteiger partial charge in [0.05, 0.1) is 5.69 Å². The molecule has 0 saturated heterocycles. The molecule has 0 radical (unpaired) electrons.